The Labute approximate surface area is 114 Å². The summed E-state index contributed by atoms with van der Waals surface area (Å²) in [6.07, 6.45) is 3.18. The Bertz CT molecular complexity index is 746. The van der Waals surface area contributed by atoms with Crippen molar-refractivity contribution in [2.75, 3.05) is 5.32 Å². The van der Waals surface area contributed by atoms with Gasteiger partial charge in [0.2, 0.25) is 0 Å². The summed E-state index contributed by atoms with van der Waals surface area (Å²) in [7, 11) is 0. The van der Waals surface area contributed by atoms with Crippen molar-refractivity contribution < 1.29 is 4.39 Å². The molecule has 0 aliphatic rings. The molecule has 0 fully saturated rings. The lowest BCUT2D eigenvalue weighted by Gasteiger charge is -2.08. The molecule has 1 aromatic carbocycles. The van der Waals surface area contributed by atoms with Crippen LogP contribution in [0.1, 0.15) is 0 Å². The summed E-state index contributed by atoms with van der Waals surface area (Å²) >= 11 is 5.96. The largest absolute Gasteiger partial charge is 0.352 e. The van der Waals surface area contributed by atoms with Gasteiger partial charge in [-0.1, -0.05) is 23.7 Å². The van der Waals surface area contributed by atoms with Crippen LogP contribution in [0.5, 0.6) is 0 Å². The molecule has 0 aliphatic carbocycles. The molecule has 3 nitrogen and oxygen atoms in total. The van der Waals surface area contributed by atoms with E-state index in [1.54, 1.807) is 30.6 Å². The van der Waals surface area contributed by atoms with Crippen LogP contribution in [0.2, 0.25) is 5.15 Å². The number of hydrogen-bond donors (Lipinski definition) is 1. The lowest BCUT2D eigenvalue weighted by molar-refractivity contribution is 0.637. The quantitative estimate of drug-likeness (QED) is 0.712. The molecule has 0 unspecified atom stereocenters. The number of nitrogens with zero attached hydrogens (tertiary/aromatic N) is 2. The molecule has 0 saturated carbocycles. The number of anilines is 2. The summed E-state index contributed by atoms with van der Waals surface area (Å²) in [5, 5.41) is 4.21. The van der Waals surface area contributed by atoms with Gasteiger partial charge in [0.1, 0.15) is 11.3 Å². The molecule has 5 heteroatoms. The highest BCUT2D eigenvalue weighted by Gasteiger charge is 2.04. The lowest BCUT2D eigenvalue weighted by atomic mass is 10.2. The second kappa shape index (κ2) is 4.82. The second-order valence-corrected chi connectivity index (χ2v) is 4.36. The summed E-state index contributed by atoms with van der Waals surface area (Å²) in [5.74, 6) is -0.330. The number of benzene rings is 1. The first-order chi connectivity index (χ1) is 9.24. The van der Waals surface area contributed by atoms with Crippen molar-refractivity contribution >= 4 is 33.9 Å². The number of fused-ring (bicyclic) bond motifs is 1. The number of aromatic nitrogens is 2. The maximum Gasteiger partial charge on any atom is 0.152 e. The Morgan fingerprint density at radius 1 is 1.11 bits per heavy atom. The predicted octanol–water partition coefficient (Wildman–Crippen LogP) is 4.17. The average Bonchev–Trinajstić information content (AvgIpc) is 2.42. The first kappa shape index (κ1) is 11.9. The third kappa shape index (κ3) is 2.35. The van der Waals surface area contributed by atoms with Crippen LogP contribution < -0.4 is 5.32 Å². The van der Waals surface area contributed by atoms with E-state index in [4.69, 9.17) is 11.6 Å². The molecule has 19 heavy (non-hydrogen) atoms. The Kier molecular flexibility index (Phi) is 3.01. The zero-order chi connectivity index (χ0) is 13.2. The molecule has 2 heterocycles. The van der Waals surface area contributed by atoms with E-state index in [1.165, 1.54) is 6.07 Å². The Morgan fingerprint density at radius 3 is 2.84 bits per heavy atom. The summed E-state index contributed by atoms with van der Waals surface area (Å²) in [4.78, 5) is 8.08. The van der Waals surface area contributed by atoms with Crippen LogP contribution in [0.15, 0.2) is 48.8 Å². The molecule has 0 aliphatic heterocycles. The van der Waals surface area contributed by atoms with Crippen molar-refractivity contribution in [2.45, 2.75) is 0 Å². The third-order valence-electron chi connectivity index (χ3n) is 2.70. The second-order valence-electron chi connectivity index (χ2n) is 4.00. The van der Waals surface area contributed by atoms with E-state index < -0.39 is 0 Å². The van der Waals surface area contributed by atoms with Crippen LogP contribution >= 0.6 is 11.6 Å². The third-order valence-corrected chi connectivity index (χ3v) is 3.00. The van der Waals surface area contributed by atoms with E-state index in [2.05, 4.69) is 15.3 Å². The number of hydrogen-bond acceptors (Lipinski definition) is 3. The maximum absolute atomic E-state index is 13.5. The van der Waals surface area contributed by atoms with E-state index in [0.29, 0.717) is 16.4 Å². The Balaban J connectivity index is 2.01. The van der Waals surface area contributed by atoms with Gasteiger partial charge in [0.05, 0.1) is 17.6 Å². The number of pyridine rings is 2. The smallest absolute Gasteiger partial charge is 0.152 e. The fourth-order valence-corrected chi connectivity index (χ4v) is 1.99. The van der Waals surface area contributed by atoms with Gasteiger partial charge in [0.25, 0.3) is 0 Å². The van der Waals surface area contributed by atoms with Crippen molar-refractivity contribution in [3.8, 4) is 0 Å². The van der Waals surface area contributed by atoms with Gasteiger partial charge in [-0.15, -0.1) is 0 Å². The highest BCUT2D eigenvalue weighted by molar-refractivity contribution is 6.32. The molecule has 0 radical (unpaired) electrons. The fourth-order valence-electron chi connectivity index (χ4n) is 1.83. The van der Waals surface area contributed by atoms with E-state index in [0.717, 1.165) is 11.1 Å². The molecule has 0 amide bonds. The fraction of sp³-hybridized carbons (Fsp3) is 0. The van der Waals surface area contributed by atoms with Crippen molar-refractivity contribution in [3.63, 3.8) is 0 Å². The molecule has 0 atom stereocenters. The predicted molar refractivity (Wildman–Crippen MR) is 74.2 cm³/mol. The molecule has 2 aromatic heterocycles. The molecular formula is C14H9ClFN3. The molecule has 0 bridgehead atoms. The number of nitrogens with one attached hydrogen (secondary N) is 1. The monoisotopic (exact) mass is 273 g/mol. The standard InChI is InChI=1S/C14H9ClFN3/c15-14-12(5-2-6-17-14)19-10-7-9-3-1-4-11(16)13(9)18-8-10/h1-8,19H. The summed E-state index contributed by atoms with van der Waals surface area (Å²) < 4.78 is 13.5. The van der Waals surface area contributed by atoms with Crippen molar-refractivity contribution in [1.29, 1.82) is 0 Å². The van der Waals surface area contributed by atoms with E-state index >= 15 is 0 Å². The Morgan fingerprint density at radius 2 is 2.00 bits per heavy atom. The molecule has 3 aromatic rings. The lowest BCUT2D eigenvalue weighted by Crippen LogP contribution is -1.94. The topological polar surface area (TPSA) is 37.8 Å². The summed E-state index contributed by atoms with van der Waals surface area (Å²) in [5.41, 5.74) is 1.76. The summed E-state index contributed by atoms with van der Waals surface area (Å²) in [6.45, 7) is 0. The molecular weight excluding hydrogens is 265 g/mol. The normalized spacial score (nSPS) is 10.6. The number of para-hydroxylation sites is 1. The van der Waals surface area contributed by atoms with Crippen LogP contribution in [0.3, 0.4) is 0 Å². The average molecular weight is 274 g/mol. The first-order valence-corrected chi connectivity index (χ1v) is 6.03. The molecule has 3 rings (SSSR count). The molecule has 1 N–H and O–H groups in total. The zero-order valence-corrected chi connectivity index (χ0v) is 10.5. The van der Waals surface area contributed by atoms with E-state index in [1.807, 2.05) is 12.1 Å². The zero-order valence-electron chi connectivity index (χ0n) is 9.77. The minimum absolute atomic E-state index is 0.330. The van der Waals surface area contributed by atoms with Gasteiger partial charge in [-0.05, 0) is 24.3 Å². The van der Waals surface area contributed by atoms with Crippen molar-refractivity contribution in [2.24, 2.45) is 0 Å². The van der Waals surface area contributed by atoms with E-state index in [9.17, 15) is 4.39 Å². The maximum atomic E-state index is 13.5. The number of rotatable bonds is 2. The number of halogens is 2. The van der Waals surface area contributed by atoms with Gasteiger partial charge in [0.15, 0.2) is 5.15 Å². The van der Waals surface area contributed by atoms with Crippen LogP contribution in [0.25, 0.3) is 10.9 Å². The van der Waals surface area contributed by atoms with Crippen molar-refractivity contribution in [1.82, 2.24) is 9.97 Å². The van der Waals surface area contributed by atoms with Crippen molar-refractivity contribution in [3.05, 3.63) is 59.8 Å². The van der Waals surface area contributed by atoms with Crippen LogP contribution in [0.4, 0.5) is 15.8 Å². The highest BCUT2D eigenvalue weighted by Crippen LogP contribution is 2.25. The highest BCUT2D eigenvalue weighted by atomic mass is 35.5. The van der Waals surface area contributed by atoms with E-state index in [-0.39, 0.29) is 5.82 Å². The van der Waals surface area contributed by atoms with Gasteiger partial charge in [0, 0.05) is 11.6 Å². The molecule has 0 spiro atoms. The van der Waals surface area contributed by atoms with Crippen LogP contribution in [0, 0.1) is 5.82 Å². The van der Waals surface area contributed by atoms with Gasteiger partial charge in [-0.2, -0.15) is 0 Å². The van der Waals surface area contributed by atoms with Gasteiger partial charge < -0.3 is 5.32 Å². The summed E-state index contributed by atoms with van der Waals surface area (Å²) in [6, 6.07) is 10.3. The molecule has 94 valence electrons. The van der Waals surface area contributed by atoms with Gasteiger partial charge in [-0.3, -0.25) is 4.98 Å². The Hall–Kier alpha value is -2.20. The van der Waals surface area contributed by atoms with Crippen LogP contribution in [-0.2, 0) is 0 Å². The van der Waals surface area contributed by atoms with Gasteiger partial charge in [-0.25, -0.2) is 9.37 Å². The van der Waals surface area contributed by atoms with Gasteiger partial charge >= 0.3 is 0 Å². The van der Waals surface area contributed by atoms with Crippen LogP contribution in [-0.4, -0.2) is 9.97 Å². The minimum Gasteiger partial charge on any atom is -0.352 e. The first-order valence-electron chi connectivity index (χ1n) is 5.66. The minimum atomic E-state index is -0.330. The molecule has 0 saturated heterocycles. The SMILES string of the molecule is Fc1cccc2cc(Nc3cccnc3Cl)cnc12.